The second-order valence-electron chi connectivity index (χ2n) is 21.0. The van der Waals surface area contributed by atoms with Crippen LogP contribution in [0.25, 0.3) is 16.7 Å². The number of amides is 1. The van der Waals surface area contributed by atoms with E-state index in [1.165, 1.54) is 21.7 Å². The number of ether oxygens (including phenoxy) is 2. The van der Waals surface area contributed by atoms with E-state index < -0.39 is 93.4 Å². The highest BCUT2D eigenvalue weighted by Crippen LogP contribution is 2.56. The van der Waals surface area contributed by atoms with Crippen molar-refractivity contribution in [3.05, 3.63) is 79.1 Å². The number of rotatable bonds is 17. The van der Waals surface area contributed by atoms with E-state index in [4.69, 9.17) is 32.5 Å². The van der Waals surface area contributed by atoms with Gasteiger partial charge in [-0.05, 0) is 82.3 Å². The van der Waals surface area contributed by atoms with E-state index in [1.54, 1.807) is 39.2 Å². The average Bonchev–Trinajstić information content (AvgIpc) is 4.23. The number of aromatic nitrogens is 1. The van der Waals surface area contributed by atoms with Gasteiger partial charge in [0.1, 0.15) is 40.4 Å². The molecule has 0 bridgehead atoms. The molecule has 9 rings (SSSR count). The summed E-state index contributed by atoms with van der Waals surface area (Å²) in [6, 6.07) is 2.33. The molecule has 386 valence electrons. The third kappa shape index (κ3) is 8.62. The Labute approximate surface area is 419 Å². The predicted octanol–water partition coefficient (Wildman–Crippen LogP) is 5.53. The van der Waals surface area contributed by atoms with E-state index in [0.29, 0.717) is 50.0 Å². The van der Waals surface area contributed by atoms with Crippen molar-refractivity contribution in [3.8, 4) is 5.75 Å². The van der Waals surface area contributed by atoms with Crippen LogP contribution in [0.5, 0.6) is 5.75 Å². The number of anilines is 2. The minimum absolute atomic E-state index is 0.00116. The Kier molecular flexibility index (Phi) is 13.6. The van der Waals surface area contributed by atoms with Gasteiger partial charge < -0.3 is 50.6 Å². The number of nitrogens with zero attached hydrogens (tertiary/aromatic N) is 4. The van der Waals surface area contributed by atoms with Crippen molar-refractivity contribution in [3.63, 3.8) is 0 Å². The first-order valence-electron chi connectivity index (χ1n) is 24.7. The zero-order valence-electron chi connectivity index (χ0n) is 40.8. The zero-order chi connectivity index (χ0) is 51.9. The number of carbonyl (C=O) groups excluding carboxylic acids is 5. The maximum atomic E-state index is 15.8. The molecule has 17 nitrogen and oxygen atoms in total. The van der Waals surface area contributed by atoms with Crippen LogP contribution in [0.4, 0.5) is 20.2 Å². The molecule has 0 radical (unpaired) electrons. The Bertz CT molecular complexity index is 2930. The van der Waals surface area contributed by atoms with E-state index in [0.717, 1.165) is 38.2 Å². The molecule has 2 aromatic carbocycles. The number of hydrogen-bond donors (Lipinski definition) is 5. The van der Waals surface area contributed by atoms with Crippen molar-refractivity contribution < 1.29 is 57.5 Å². The Balaban J connectivity index is 0.776. The van der Waals surface area contributed by atoms with Gasteiger partial charge in [-0.3, -0.25) is 28.9 Å². The number of unbranched alkanes of at least 4 members (excludes halogenated alkanes) is 6. The van der Waals surface area contributed by atoms with Crippen LogP contribution in [0, 0.1) is 23.1 Å². The van der Waals surface area contributed by atoms with Gasteiger partial charge in [0.25, 0.3) is 5.91 Å². The van der Waals surface area contributed by atoms with Crippen molar-refractivity contribution in [1.82, 2.24) is 9.47 Å². The molecule has 7 atom stereocenters. The number of hydrogen-bond acceptors (Lipinski definition) is 15. The van der Waals surface area contributed by atoms with Crippen LogP contribution in [0.3, 0.4) is 0 Å². The summed E-state index contributed by atoms with van der Waals surface area (Å²) in [5.41, 5.74) is 8.48. The van der Waals surface area contributed by atoms with Crippen molar-refractivity contribution >= 4 is 69.1 Å². The van der Waals surface area contributed by atoms with E-state index in [-0.39, 0.29) is 87.8 Å². The number of halogens is 3. The molecule has 1 aromatic heterocycles. The van der Waals surface area contributed by atoms with Gasteiger partial charge in [0.2, 0.25) is 11.2 Å². The SMILES string of the molecule is CN(C)c1ccc(OC(=O)CCCCCCCCCOC(=O)c2cn(C3C[C@@H]3F)c3c(Cl)c(N4C[C@@H](N)C5(CC5)C4)c(F)cc3c2=O)c2c1C[C@@H]1C[C@@H]3[C@@H](N(C)C)C(=O)C(C(N)=O)=C(O)[C@]3(O)C(=O)C1=C2O. The van der Waals surface area contributed by atoms with Gasteiger partial charge >= 0.3 is 11.9 Å². The van der Waals surface area contributed by atoms with Crippen LogP contribution in [-0.4, -0.2) is 126 Å². The molecule has 2 heterocycles. The van der Waals surface area contributed by atoms with Crippen molar-refractivity contribution in [2.75, 3.05) is 57.7 Å². The minimum atomic E-state index is -2.74. The van der Waals surface area contributed by atoms with Gasteiger partial charge in [-0.2, -0.15) is 0 Å². The standard InChI is InChI=1S/C52H61ClF2N6O11/c1-58(2)32-13-14-34(38-26(32)18-25-19-29-42(59(3)4)46(65)39(49(57)68)48(67)52(29,70)47(66)37(25)45(38)64)72-36(62)12-10-8-6-5-7-9-11-17-71-50(69)28-22-61(33-21-30(33)54)41-27(44(28)63)20-31(55)43(40(41)53)60-23-35(56)51(24-60)15-16-51/h13-14,20,22,25,29-30,33,35,42,64,67,70H,5-12,15-19,21,23-24,56H2,1-4H3,(H2,57,68)/t25-,29-,30+,33?,35-,42-,52-/m1/s1. The van der Waals surface area contributed by atoms with E-state index in [9.17, 15) is 48.5 Å². The van der Waals surface area contributed by atoms with Crippen LogP contribution in [0.2, 0.25) is 5.02 Å². The first-order chi connectivity index (χ1) is 34.1. The lowest BCUT2D eigenvalue weighted by atomic mass is 9.57. The van der Waals surface area contributed by atoms with Crippen LogP contribution in [-0.2, 0) is 30.3 Å². The van der Waals surface area contributed by atoms with Gasteiger partial charge in [0.15, 0.2) is 11.4 Å². The fraction of sp³-hybridized carbons (Fsp3) is 0.538. The molecular weight excluding hydrogens is 958 g/mol. The molecule has 6 aliphatic rings. The summed E-state index contributed by atoms with van der Waals surface area (Å²) in [6.07, 6.45) is 7.11. The largest absolute Gasteiger partial charge is 0.508 e. The summed E-state index contributed by atoms with van der Waals surface area (Å²) < 4.78 is 43.1. The van der Waals surface area contributed by atoms with Gasteiger partial charge in [0, 0.05) is 74.9 Å². The molecule has 20 heteroatoms. The number of carbonyl (C=O) groups is 5. The number of likely N-dealkylation sites (N-methyl/N-ethyl adjacent to an activating group) is 1. The Morgan fingerprint density at radius 1 is 0.986 bits per heavy atom. The van der Waals surface area contributed by atoms with Gasteiger partial charge in [-0.1, -0.05) is 43.7 Å². The highest BCUT2D eigenvalue weighted by Gasteiger charge is 2.64. The quantitative estimate of drug-likeness (QED) is 0.0483. The molecule has 3 aromatic rings. The van der Waals surface area contributed by atoms with Crippen molar-refractivity contribution in [2.45, 2.75) is 113 Å². The molecule has 72 heavy (non-hydrogen) atoms. The van der Waals surface area contributed by atoms with Gasteiger partial charge in [-0.25, -0.2) is 13.6 Å². The number of fused-ring (bicyclic) bond motifs is 4. The smallest absolute Gasteiger partial charge is 0.343 e. The zero-order valence-corrected chi connectivity index (χ0v) is 41.5. The lowest BCUT2D eigenvalue weighted by Gasteiger charge is -2.50. The second kappa shape index (κ2) is 19.2. The normalized spacial score (nSPS) is 26.0. The fourth-order valence-electron chi connectivity index (χ4n) is 11.8. The number of aliphatic hydroxyl groups excluding tert-OH is 2. The molecule has 1 spiro atoms. The number of Topliss-reactive ketones (excluding diaryl/α,β-unsaturated/α-hetero) is 2. The van der Waals surface area contributed by atoms with E-state index >= 15 is 4.39 Å². The molecule has 7 N–H and O–H groups in total. The molecule has 1 saturated heterocycles. The molecule has 1 amide bonds. The van der Waals surface area contributed by atoms with Crippen LogP contribution in [0.1, 0.15) is 105 Å². The Morgan fingerprint density at radius 3 is 2.26 bits per heavy atom. The molecule has 5 aliphatic carbocycles. The number of aliphatic hydroxyl groups is 3. The lowest BCUT2D eigenvalue weighted by molar-refractivity contribution is -0.153. The van der Waals surface area contributed by atoms with Gasteiger partial charge in [-0.15, -0.1) is 0 Å². The van der Waals surface area contributed by atoms with E-state index in [1.807, 2.05) is 4.90 Å². The summed E-state index contributed by atoms with van der Waals surface area (Å²) >= 11 is 6.84. The first-order valence-corrected chi connectivity index (χ1v) is 25.1. The Morgan fingerprint density at radius 2 is 1.65 bits per heavy atom. The first kappa shape index (κ1) is 51.0. The van der Waals surface area contributed by atoms with Crippen LogP contribution >= 0.6 is 11.6 Å². The average molecular weight is 1020 g/mol. The summed E-state index contributed by atoms with van der Waals surface area (Å²) in [5, 5.41) is 35.0. The number of nitrogens with two attached hydrogens (primary N) is 2. The van der Waals surface area contributed by atoms with Crippen molar-refractivity contribution in [1.29, 1.82) is 0 Å². The van der Waals surface area contributed by atoms with E-state index in [2.05, 4.69) is 0 Å². The monoisotopic (exact) mass is 1020 g/mol. The number of alkyl halides is 1. The highest BCUT2D eigenvalue weighted by molar-refractivity contribution is 6.38. The number of ketones is 2. The maximum absolute atomic E-state index is 15.8. The number of benzene rings is 2. The van der Waals surface area contributed by atoms with Gasteiger partial charge in [0.05, 0.1) is 45.9 Å². The second-order valence-corrected chi connectivity index (χ2v) is 21.4. The maximum Gasteiger partial charge on any atom is 0.343 e. The van der Waals surface area contributed by atoms with Crippen LogP contribution in [0.15, 0.2) is 46.1 Å². The fourth-order valence-corrected chi connectivity index (χ4v) is 12.2. The topological polar surface area (TPSA) is 248 Å². The number of pyridine rings is 1. The van der Waals surface area contributed by atoms with Crippen molar-refractivity contribution in [2.24, 2.45) is 28.7 Å². The molecule has 3 saturated carbocycles. The third-order valence-corrected chi connectivity index (χ3v) is 16.2. The molecule has 1 aliphatic heterocycles. The summed E-state index contributed by atoms with van der Waals surface area (Å²) in [7, 11) is 6.68. The highest BCUT2D eigenvalue weighted by atomic mass is 35.5. The summed E-state index contributed by atoms with van der Waals surface area (Å²) in [5.74, 6) is -8.97. The number of primary amides is 1. The molecule has 4 fully saturated rings. The predicted molar refractivity (Wildman–Crippen MR) is 263 cm³/mol. The lowest BCUT2D eigenvalue weighted by Crippen LogP contribution is -2.65. The molecular formula is C52H61ClF2N6O11. The minimum Gasteiger partial charge on any atom is -0.508 e. The Hall–Kier alpha value is -5.89. The summed E-state index contributed by atoms with van der Waals surface area (Å²) in [4.78, 5) is 85.4. The molecule has 1 unspecified atom stereocenters. The van der Waals surface area contributed by atoms with Crippen LogP contribution < -0.4 is 31.4 Å². The number of esters is 2. The third-order valence-electron chi connectivity index (χ3n) is 15.9. The summed E-state index contributed by atoms with van der Waals surface area (Å²) in [6.45, 7) is 0.958.